The van der Waals surface area contributed by atoms with E-state index >= 15 is 0 Å². The van der Waals surface area contributed by atoms with Crippen molar-refractivity contribution in [3.05, 3.63) is 250 Å². The van der Waals surface area contributed by atoms with Gasteiger partial charge in [0.15, 0.2) is 0 Å². The Morgan fingerprint density at radius 3 is 0.976 bits per heavy atom. The van der Waals surface area contributed by atoms with Crippen LogP contribution in [0.5, 0.6) is 11.5 Å². The fourth-order valence-electron chi connectivity index (χ4n) is 11.0. The third-order valence-electron chi connectivity index (χ3n) is 16.9. The highest BCUT2D eigenvalue weighted by atomic mass is 16.7. The molecule has 0 bridgehead atoms. The molecule has 0 aliphatic rings. The Labute approximate surface area is 724 Å². The van der Waals surface area contributed by atoms with Crippen molar-refractivity contribution >= 4 is 115 Å². The summed E-state index contributed by atoms with van der Waals surface area (Å²) in [5, 5.41) is 50.7. The first-order valence-corrected chi connectivity index (χ1v) is 39.0. The number of nitro groups is 4. The number of H-pyrrole nitrogens is 3. The Hall–Kier alpha value is -15.3. The molecule has 9 aromatic carbocycles. The maximum absolute atomic E-state index is 12.4. The Balaban J connectivity index is 0.000000217. The summed E-state index contributed by atoms with van der Waals surface area (Å²) in [5.41, 5.74) is 28.3. The smallest absolute Gasteiger partial charge is 0.346 e. The fourth-order valence-corrected chi connectivity index (χ4v) is 11.0. The van der Waals surface area contributed by atoms with E-state index in [0.717, 1.165) is 141 Å². The van der Waals surface area contributed by atoms with Crippen molar-refractivity contribution in [2.24, 2.45) is 0 Å². The predicted octanol–water partition coefficient (Wildman–Crippen LogP) is 16.7. The number of benzene rings is 9. The number of rotatable bonds is 23. The first kappa shape index (κ1) is 97.8. The van der Waals surface area contributed by atoms with Crippen LogP contribution in [0.3, 0.4) is 0 Å². The molecule has 0 unspecified atom stereocenters. The first-order chi connectivity index (χ1) is 58.9. The van der Waals surface area contributed by atoms with Gasteiger partial charge in [0.25, 0.3) is 0 Å². The van der Waals surface area contributed by atoms with Gasteiger partial charge in [-0.2, -0.15) is 0 Å². The van der Waals surface area contributed by atoms with E-state index < -0.39 is 88.7 Å². The van der Waals surface area contributed by atoms with Crippen molar-refractivity contribution in [1.29, 1.82) is 0 Å². The zero-order valence-electron chi connectivity index (χ0n) is 72.5. The van der Waals surface area contributed by atoms with E-state index in [1.807, 2.05) is 141 Å². The second-order valence-electron chi connectivity index (χ2n) is 32.6. The minimum Gasteiger partial charge on any atom is -0.493 e. The molecular formula is C89H102N16O21. The number of aromatic amines is 3. The number of aromatic carboxylic acids is 1. The molecule has 0 fully saturated rings. The molecule has 126 heavy (non-hydrogen) atoms. The molecule has 0 atom stereocenters. The maximum atomic E-state index is 12.4. The first-order valence-electron chi connectivity index (χ1n) is 39.0. The molecule has 3 heterocycles. The van der Waals surface area contributed by atoms with E-state index in [0.29, 0.717) is 64.3 Å². The number of carbonyl (C=O) groups excluding carboxylic acids is 5. The SMILES string of the molecule is CC(C)(C)OC(=O)c1ccc(N)c(N)c1.CC(C)(C)OC(=O)c1ccc(N)c(N)c1.CC(C)(C)OC(=O)c1ccc([N+](=O)[O-])c([N+](=O)[O-])c1.CN(C)CCCOc1ccc2nc(-c3ccc(-c4nc5ccc(C(=O)OC(C)(C)C)cc5[nH]4)cc3)[nH]c2c1.CN(C)CCCOc1ccc2nc(-c3ccc(C=O)cc3)[nH]c2c1.O=C(O)c1ccc([N+](=O)[O-])c([N+](=O)[O-])c1. The van der Waals surface area contributed by atoms with Crippen LogP contribution < -0.4 is 32.4 Å². The number of hydrogen-bond acceptors (Lipinski definition) is 29. The van der Waals surface area contributed by atoms with E-state index in [1.54, 1.807) is 69.3 Å². The fraction of sp³-hybridized carbons (Fsp3) is 0.292. The van der Waals surface area contributed by atoms with Gasteiger partial charge in [-0.1, -0.05) is 48.5 Å². The summed E-state index contributed by atoms with van der Waals surface area (Å²) in [6.07, 6.45) is 2.80. The van der Waals surface area contributed by atoms with E-state index in [1.165, 1.54) is 12.1 Å². The Bertz CT molecular complexity index is 5840. The molecular weight excluding hydrogens is 1630 g/mol. The molecule has 37 nitrogen and oxygen atoms in total. The van der Waals surface area contributed by atoms with Gasteiger partial charge >= 0.3 is 52.6 Å². The third kappa shape index (κ3) is 30.4. The molecule has 12 aromatic rings. The standard InChI is InChI=1S/C30H33N5O3.C19H21N3O2.C11H12N2O6.2C11H16N2O2.C7H4N2O6/c1-30(2,3)38-29(36)21-11-13-23-25(17-21)33-27(31-23)19-7-9-20(10-8-19)28-32-24-14-12-22(18-26(24)34-28)37-16-6-15-35(4)5;1-22(2)10-3-11-24-16-8-9-17-18(12-16)21-19(20-17)15-6-4-14(13-23)5-7-15;1-11(2,3)19-10(14)7-4-5-8(12(15)16)9(6-7)13(17)18;2*1-11(2,3)15-10(14)7-4-5-8(12)9(13)6-7;10-7(11)4-1-2-5(8(12)13)6(3-4)9(14)15/h7-14,17-18H,6,15-16H2,1-5H3,(H,31,33)(H,32,34);4-9,12-13H,3,10-11H2,1-2H3,(H,20,21);4-6H,1-3H3;2*4-6H,12-13H2,1-3H3;1-3H,(H,10,11). The van der Waals surface area contributed by atoms with Gasteiger partial charge in [-0.3, -0.25) is 45.3 Å². The monoisotopic (exact) mass is 1730 g/mol. The van der Waals surface area contributed by atoms with Crippen molar-refractivity contribution in [2.45, 2.75) is 118 Å². The number of anilines is 4. The number of aromatic nitrogens is 6. The molecule has 0 saturated carbocycles. The Morgan fingerprint density at radius 1 is 0.381 bits per heavy atom. The lowest BCUT2D eigenvalue weighted by atomic mass is 10.1. The van der Waals surface area contributed by atoms with E-state index in [4.69, 9.17) is 66.4 Å². The lowest BCUT2D eigenvalue weighted by molar-refractivity contribution is -0.422. The maximum Gasteiger partial charge on any atom is 0.346 e. The highest BCUT2D eigenvalue weighted by molar-refractivity contribution is 5.96. The molecule has 0 saturated heterocycles. The normalized spacial score (nSPS) is 11.2. The average molecular weight is 1730 g/mol. The van der Waals surface area contributed by atoms with Gasteiger partial charge in [0.05, 0.1) is 117 Å². The average Bonchev–Trinajstić information content (AvgIpc) is 1.63. The number of carboxylic acid groups (broad SMARTS) is 1. The van der Waals surface area contributed by atoms with Crippen LogP contribution in [0.25, 0.3) is 67.3 Å². The number of nitrogens with zero attached hydrogens (tertiary/aromatic N) is 9. The number of nitrogens with two attached hydrogens (primary N) is 4. The van der Waals surface area contributed by atoms with Gasteiger partial charge in [0.1, 0.15) is 57.7 Å². The molecule has 0 radical (unpaired) electrons. The van der Waals surface area contributed by atoms with Crippen molar-refractivity contribution in [3.8, 4) is 45.7 Å². The van der Waals surface area contributed by atoms with Crippen molar-refractivity contribution in [1.82, 2.24) is 39.7 Å². The summed E-state index contributed by atoms with van der Waals surface area (Å²) < 4.78 is 32.6. The van der Waals surface area contributed by atoms with Gasteiger partial charge in [-0.25, -0.2) is 38.9 Å². The summed E-state index contributed by atoms with van der Waals surface area (Å²) in [7, 11) is 8.23. The number of esters is 4. The summed E-state index contributed by atoms with van der Waals surface area (Å²) in [4.78, 5) is 135. The number of aldehydes is 1. The van der Waals surface area contributed by atoms with Gasteiger partial charge in [-0.15, -0.1) is 0 Å². The molecule has 0 amide bonds. The molecule has 664 valence electrons. The predicted molar refractivity (Wildman–Crippen MR) is 479 cm³/mol. The number of nitrogens with one attached hydrogen (secondary N) is 3. The van der Waals surface area contributed by atoms with Gasteiger partial charge in [0.2, 0.25) is 0 Å². The largest absolute Gasteiger partial charge is 0.493 e. The van der Waals surface area contributed by atoms with Crippen LogP contribution in [0.2, 0.25) is 0 Å². The van der Waals surface area contributed by atoms with Crippen LogP contribution in [0, 0.1) is 40.5 Å². The quantitative estimate of drug-likeness (QED) is 0.00561. The van der Waals surface area contributed by atoms with E-state index in [9.17, 15) is 69.2 Å². The number of ether oxygens (including phenoxy) is 6. The van der Waals surface area contributed by atoms with Crippen LogP contribution in [-0.2, 0) is 18.9 Å². The number of carboxylic acids is 1. The van der Waals surface area contributed by atoms with Crippen LogP contribution in [0.15, 0.2) is 176 Å². The van der Waals surface area contributed by atoms with Gasteiger partial charge < -0.3 is 81.2 Å². The minimum atomic E-state index is -1.38. The lowest BCUT2D eigenvalue weighted by Gasteiger charge is -2.19. The molecule has 3 aromatic heterocycles. The highest BCUT2D eigenvalue weighted by Crippen LogP contribution is 2.33. The number of nitro benzene ring substituents is 4. The number of nitrogen functional groups attached to an aromatic ring is 4. The Kier molecular flexibility index (Phi) is 33.4. The van der Waals surface area contributed by atoms with Crippen molar-refractivity contribution < 1.29 is 82.0 Å². The number of fused-ring (bicyclic) bond motifs is 3. The van der Waals surface area contributed by atoms with Gasteiger partial charge in [0, 0.05) is 71.7 Å². The molecule has 37 heteroatoms. The molecule has 0 aliphatic carbocycles. The number of hydrogen-bond donors (Lipinski definition) is 8. The summed E-state index contributed by atoms with van der Waals surface area (Å²) in [6.45, 7) is 24.7. The zero-order chi connectivity index (χ0) is 93.5. The van der Waals surface area contributed by atoms with Crippen LogP contribution in [-0.4, -0.2) is 178 Å². The second kappa shape index (κ2) is 43.0. The molecule has 12 rings (SSSR count). The Morgan fingerprint density at radius 2 is 0.667 bits per heavy atom. The molecule has 12 N–H and O–H groups in total. The van der Waals surface area contributed by atoms with Crippen molar-refractivity contribution in [3.63, 3.8) is 0 Å². The zero-order valence-corrected chi connectivity index (χ0v) is 72.5. The summed E-state index contributed by atoms with van der Waals surface area (Å²) >= 11 is 0. The van der Waals surface area contributed by atoms with Crippen LogP contribution >= 0.6 is 0 Å². The molecule has 0 aliphatic heterocycles. The minimum absolute atomic E-state index is 0.104. The number of carbonyl (C=O) groups is 6. The lowest BCUT2D eigenvalue weighted by Crippen LogP contribution is -2.24. The van der Waals surface area contributed by atoms with E-state index in [-0.39, 0.29) is 17.1 Å². The second-order valence-corrected chi connectivity index (χ2v) is 32.6. The molecule has 0 spiro atoms. The van der Waals surface area contributed by atoms with Crippen LogP contribution in [0.4, 0.5) is 45.5 Å². The summed E-state index contributed by atoms with van der Waals surface area (Å²) in [6, 6.07) is 47.2. The van der Waals surface area contributed by atoms with Crippen LogP contribution in [0.1, 0.15) is 158 Å². The topological polar surface area (TPSA) is 547 Å². The summed E-state index contributed by atoms with van der Waals surface area (Å²) in [5.74, 6) is 0.689. The van der Waals surface area contributed by atoms with E-state index in [2.05, 4.69) is 57.9 Å². The number of imidazole rings is 3. The third-order valence-corrected chi connectivity index (χ3v) is 16.9. The van der Waals surface area contributed by atoms with Crippen molar-refractivity contribution in [2.75, 3.05) is 77.4 Å². The highest BCUT2D eigenvalue weighted by Gasteiger charge is 2.30. The van der Waals surface area contributed by atoms with Gasteiger partial charge in [-0.05, 0) is 215 Å².